The maximum Gasteiger partial charge on any atom is 0.410 e. The SMILES string of the molecule is CC(C)(C)OC(=O)N1CC[C@H]2CNC[C@H]1C2. The fraction of sp³-hybridized carbons (Fsp3) is 0.917. The minimum Gasteiger partial charge on any atom is -0.444 e. The van der Waals surface area contributed by atoms with Crippen LogP contribution in [0.25, 0.3) is 0 Å². The number of rotatable bonds is 0. The van der Waals surface area contributed by atoms with Crippen molar-refractivity contribution in [2.24, 2.45) is 5.92 Å². The Bertz CT molecular complexity index is 273. The number of hydrogen-bond acceptors (Lipinski definition) is 3. The van der Waals surface area contributed by atoms with E-state index in [0.29, 0.717) is 6.04 Å². The van der Waals surface area contributed by atoms with Crippen molar-refractivity contribution < 1.29 is 9.53 Å². The summed E-state index contributed by atoms with van der Waals surface area (Å²) in [5, 5.41) is 3.39. The highest BCUT2D eigenvalue weighted by atomic mass is 16.6. The van der Waals surface area contributed by atoms with Gasteiger partial charge in [-0.1, -0.05) is 0 Å². The van der Waals surface area contributed by atoms with Crippen molar-refractivity contribution in [1.82, 2.24) is 10.2 Å². The van der Waals surface area contributed by atoms with Crippen LogP contribution in [0.5, 0.6) is 0 Å². The second kappa shape index (κ2) is 4.24. The number of fused-ring (bicyclic) bond motifs is 2. The van der Waals surface area contributed by atoms with E-state index in [-0.39, 0.29) is 6.09 Å². The van der Waals surface area contributed by atoms with Gasteiger partial charge in [0.1, 0.15) is 5.60 Å². The van der Waals surface area contributed by atoms with Gasteiger partial charge < -0.3 is 15.0 Å². The molecule has 0 aromatic carbocycles. The van der Waals surface area contributed by atoms with Crippen LogP contribution in [0.2, 0.25) is 0 Å². The van der Waals surface area contributed by atoms with E-state index >= 15 is 0 Å². The first kappa shape index (κ1) is 11.7. The molecule has 2 saturated heterocycles. The molecule has 2 atom stereocenters. The summed E-state index contributed by atoms with van der Waals surface area (Å²) in [6, 6.07) is 0.336. The zero-order chi connectivity index (χ0) is 11.8. The lowest BCUT2D eigenvalue weighted by molar-refractivity contribution is -0.000119. The molecule has 1 N–H and O–H groups in total. The molecule has 2 fully saturated rings. The minimum atomic E-state index is -0.393. The predicted octanol–water partition coefficient (Wildman–Crippen LogP) is 1.61. The maximum atomic E-state index is 12.0. The lowest BCUT2D eigenvalue weighted by atomic mass is 9.88. The van der Waals surface area contributed by atoms with Crippen LogP contribution in [0.4, 0.5) is 4.79 Å². The van der Waals surface area contributed by atoms with Crippen LogP contribution < -0.4 is 5.32 Å². The number of nitrogens with zero attached hydrogens (tertiary/aromatic N) is 1. The van der Waals surface area contributed by atoms with Crippen molar-refractivity contribution in [3.05, 3.63) is 0 Å². The van der Waals surface area contributed by atoms with E-state index in [2.05, 4.69) is 5.32 Å². The molecule has 2 aliphatic rings. The smallest absolute Gasteiger partial charge is 0.410 e. The monoisotopic (exact) mass is 226 g/mol. The van der Waals surface area contributed by atoms with E-state index < -0.39 is 5.60 Å². The number of carbonyl (C=O) groups is 1. The average molecular weight is 226 g/mol. The Morgan fingerprint density at radius 3 is 2.81 bits per heavy atom. The van der Waals surface area contributed by atoms with Gasteiger partial charge in [-0.2, -0.15) is 0 Å². The Morgan fingerprint density at radius 2 is 2.12 bits per heavy atom. The first-order valence-corrected chi connectivity index (χ1v) is 6.16. The lowest BCUT2D eigenvalue weighted by Crippen LogP contribution is -2.56. The molecule has 92 valence electrons. The second-order valence-electron chi connectivity index (χ2n) is 5.88. The molecule has 2 rings (SSSR count). The largest absolute Gasteiger partial charge is 0.444 e. The van der Waals surface area contributed by atoms with Crippen LogP contribution in [-0.2, 0) is 4.74 Å². The molecule has 2 aliphatic heterocycles. The molecule has 2 heterocycles. The molecule has 16 heavy (non-hydrogen) atoms. The topological polar surface area (TPSA) is 41.6 Å². The molecular formula is C12H22N2O2. The molecular weight excluding hydrogens is 204 g/mol. The summed E-state index contributed by atoms with van der Waals surface area (Å²) in [4.78, 5) is 13.9. The van der Waals surface area contributed by atoms with E-state index in [1.54, 1.807) is 0 Å². The van der Waals surface area contributed by atoms with Crippen LogP contribution in [0, 0.1) is 5.92 Å². The number of nitrogens with one attached hydrogen (secondary N) is 1. The van der Waals surface area contributed by atoms with Gasteiger partial charge in [0.25, 0.3) is 0 Å². The first-order valence-electron chi connectivity index (χ1n) is 6.16. The molecule has 0 aromatic heterocycles. The number of ether oxygens (including phenoxy) is 1. The zero-order valence-corrected chi connectivity index (χ0v) is 10.5. The van der Waals surface area contributed by atoms with E-state index in [4.69, 9.17) is 4.74 Å². The van der Waals surface area contributed by atoms with E-state index in [1.165, 1.54) is 0 Å². The van der Waals surface area contributed by atoms with Gasteiger partial charge in [0, 0.05) is 19.1 Å². The Kier molecular flexibility index (Phi) is 3.10. The quantitative estimate of drug-likeness (QED) is 0.682. The fourth-order valence-corrected chi connectivity index (χ4v) is 2.53. The maximum absolute atomic E-state index is 12.0. The number of hydrogen-bond donors (Lipinski definition) is 1. The summed E-state index contributed by atoms with van der Waals surface area (Å²) < 4.78 is 5.43. The van der Waals surface area contributed by atoms with Crippen molar-refractivity contribution in [2.45, 2.75) is 45.3 Å². The predicted molar refractivity (Wildman–Crippen MR) is 62.3 cm³/mol. The van der Waals surface area contributed by atoms with Gasteiger partial charge in [-0.05, 0) is 46.1 Å². The highest BCUT2D eigenvalue weighted by Gasteiger charge is 2.36. The molecule has 1 amide bonds. The summed E-state index contributed by atoms with van der Waals surface area (Å²) >= 11 is 0. The van der Waals surface area contributed by atoms with Crippen LogP contribution >= 0.6 is 0 Å². The average Bonchev–Trinajstić information content (AvgIpc) is 2.15. The number of piperidine rings is 2. The molecule has 0 aliphatic carbocycles. The fourth-order valence-electron chi connectivity index (χ4n) is 2.53. The molecule has 0 spiro atoms. The number of amides is 1. The van der Waals surface area contributed by atoms with Gasteiger partial charge in [0.2, 0.25) is 0 Å². The highest BCUT2D eigenvalue weighted by molar-refractivity contribution is 5.68. The van der Waals surface area contributed by atoms with Crippen molar-refractivity contribution >= 4 is 6.09 Å². The molecule has 0 radical (unpaired) electrons. The van der Waals surface area contributed by atoms with Gasteiger partial charge in [-0.3, -0.25) is 0 Å². The lowest BCUT2D eigenvalue weighted by Gasteiger charge is -2.43. The third-order valence-electron chi connectivity index (χ3n) is 3.27. The molecule has 4 nitrogen and oxygen atoms in total. The summed E-state index contributed by atoms with van der Waals surface area (Å²) in [7, 11) is 0. The molecule has 0 saturated carbocycles. The van der Waals surface area contributed by atoms with Crippen LogP contribution in [0.1, 0.15) is 33.6 Å². The second-order valence-corrected chi connectivity index (χ2v) is 5.88. The van der Waals surface area contributed by atoms with Gasteiger partial charge in [0.05, 0.1) is 0 Å². The van der Waals surface area contributed by atoms with Crippen molar-refractivity contribution in [2.75, 3.05) is 19.6 Å². The third-order valence-corrected chi connectivity index (χ3v) is 3.27. The zero-order valence-electron chi connectivity index (χ0n) is 10.5. The summed E-state index contributed by atoms with van der Waals surface area (Å²) in [6.07, 6.45) is 2.08. The van der Waals surface area contributed by atoms with Gasteiger partial charge >= 0.3 is 6.09 Å². The van der Waals surface area contributed by atoms with Crippen molar-refractivity contribution in [3.8, 4) is 0 Å². The summed E-state index contributed by atoms with van der Waals surface area (Å²) in [6.45, 7) is 8.62. The standard InChI is InChI=1S/C12H22N2O2/c1-12(2,3)16-11(15)14-5-4-9-6-10(14)8-13-7-9/h9-10,13H,4-8H2,1-3H3/t9-,10-/m1/s1. The van der Waals surface area contributed by atoms with Gasteiger partial charge in [0.15, 0.2) is 0 Å². The van der Waals surface area contributed by atoms with Crippen molar-refractivity contribution in [1.29, 1.82) is 0 Å². The summed E-state index contributed by atoms with van der Waals surface area (Å²) in [5.74, 6) is 0.748. The number of carbonyl (C=O) groups excluding carboxylic acids is 1. The first-order chi connectivity index (χ1) is 7.46. The Labute approximate surface area is 97.3 Å². The van der Waals surface area contributed by atoms with Crippen LogP contribution in [-0.4, -0.2) is 42.3 Å². The Hall–Kier alpha value is -0.770. The molecule has 0 aromatic rings. The molecule has 0 unspecified atom stereocenters. The normalized spacial score (nSPS) is 30.1. The van der Waals surface area contributed by atoms with E-state index in [9.17, 15) is 4.79 Å². The Balaban J connectivity index is 1.96. The van der Waals surface area contributed by atoms with Gasteiger partial charge in [-0.25, -0.2) is 4.79 Å². The van der Waals surface area contributed by atoms with Gasteiger partial charge in [-0.15, -0.1) is 0 Å². The highest BCUT2D eigenvalue weighted by Crippen LogP contribution is 2.26. The van der Waals surface area contributed by atoms with E-state index in [0.717, 1.165) is 38.4 Å². The van der Waals surface area contributed by atoms with Crippen LogP contribution in [0.3, 0.4) is 0 Å². The minimum absolute atomic E-state index is 0.153. The Morgan fingerprint density at radius 1 is 1.38 bits per heavy atom. The van der Waals surface area contributed by atoms with Crippen LogP contribution in [0.15, 0.2) is 0 Å². The third kappa shape index (κ3) is 2.67. The van der Waals surface area contributed by atoms with Crippen molar-refractivity contribution in [3.63, 3.8) is 0 Å². The molecule has 4 heteroatoms. The summed E-state index contributed by atoms with van der Waals surface area (Å²) in [5.41, 5.74) is -0.393. The number of likely N-dealkylation sites (tertiary alicyclic amines) is 1. The van der Waals surface area contributed by atoms with E-state index in [1.807, 2.05) is 25.7 Å². The molecule has 2 bridgehead atoms.